The molecule has 2 aromatic heterocycles. The van der Waals surface area contributed by atoms with Gasteiger partial charge in [-0.05, 0) is 28.3 Å². The van der Waals surface area contributed by atoms with E-state index in [0.29, 0.717) is 5.16 Å². The molecule has 0 aliphatic rings. The number of aryl methyl sites for hydroxylation is 1. The number of hydrogen-bond acceptors (Lipinski definition) is 7. The second kappa shape index (κ2) is 4.23. The fourth-order valence-electron chi connectivity index (χ4n) is 0.951. The predicted octanol–water partition coefficient (Wildman–Crippen LogP) is -0.151. The summed E-state index contributed by atoms with van der Waals surface area (Å²) in [5.74, 6) is -1.06. The van der Waals surface area contributed by atoms with Crippen molar-refractivity contribution in [3.8, 4) is 0 Å². The molecule has 0 unspecified atom stereocenters. The van der Waals surface area contributed by atoms with E-state index in [-0.39, 0.29) is 10.6 Å². The van der Waals surface area contributed by atoms with Gasteiger partial charge in [0.25, 0.3) is 0 Å². The van der Waals surface area contributed by atoms with Crippen LogP contribution in [0.4, 0.5) is 0 Å². The highest BCUT2D eigenvalue weighted by molar-refractivity contribution is 7.99. The number of carbonyl (C=O) groups is 1. The third-order valence-electron chi connectivity index (χ3n) is 1.69. The average molecular weight is 238 g/mol. The van der Waals surface area contributed by atoms with Crippen molar-refractivity contribution in [2.75, 3.05) is 0 Å². The van der Waals surface area contributed by atoms with E-state index < -0.39 is 5.97 Å². The van der Waals surface area contributed by atoms with E-state index >= 15 is 0 Å². The first kappa shape index (κ1) is 10.5. The van der Waals surface area contributed by atoms with Crippen molar-refractivity contribution in [2.24, 2.45) is 7.05 Å². The van der Waals surface area contributed by atoms with Crippen molar-refractivity contribution in [1.82, 2.24) is 30.4 Å². The second-order valence-corrected chi connectivity index (χ2v) is 3.70. The van der Waals surface area contributed by atoms with Crippen molar-refractivity contribution >= 4 is 17.7 Å². The van der Waals surface area contributed by atoms with Gasteiger partial charge in [0.15, 0.2) is 0 Å². The highest BCUT2D eigenvalue weighted by atomic mass is 32.2. The summed E-state index contributed by atoms with van der Waals surface area (Å²) >= 11 is 1.05. The number of aromatic nitrogens is 6. The van der Waals surface area contributed by atoms with Crippen LogP contribution in [-0.2, 0) is 7.05 Å². The van der Waals surface area contributed by atoms with Gasteiger partial charge in [0.2, 0.25) is 5.16 Å². The molecule has 0 bridgehead atoms. The van der Waals surface area contributed by atoms with Gasteiger partial charge in [0, 0.05) is 7.05 Å². The maximum Gasteiger partial charge on any atom is 0.338 e. The quantitative estimate of drug-likeness (QED) is 0.786. The molecule has 9 heteroatoms. The van der Waals surface area contributed by atoms with E-state index in [1.807, 2.05) is 0 Å². The summed E-state index contributed by atoms with van der Waals surface area (Å²) in [6.45, 7) is 0. The van der Waals surface area contributed by atoms with Crippen molar-refractivity contribution in [2.45, 2.75) is 10.2 Å². The third-order valence-corrected chi connectivity index (χ3v) is 2.71. The molecule has 0 radical (unpaired) electrons. The molecule has 8 nitrogen and oxygen atoms in total. The Bertz CT molecular complexity index is 527. The minimum absolute atomic E-state index is 0.0722. The maximum atomic E-state index is 10.9. The Labute approximate surface area is 93.7 Å². The van der Waals surface area contributed by atoms with Gasteiger partial charge in [-0.15, -0.1) is 10.2 Å². The summed E-state index contributed by atoms with van der Waals surface area (Å²) in [5.41, 5.74) is 0.0722. The first-order chi connectivity index (χ1) is 7.68. The van der Waals surface area contributed by atoms with Gasteiger partial charge in [-0.1, -0.05) is 0 Å². The zero-order chi connectivity index (χ0) is 11.5. The Hall–Kier alpha value is -2.03. The molecule has 0 atom stereocenters. The number of aromatic carboxylic acids is 1. The van der Waals surface area contributed by atoms with E-state index in [1.54, 1.807) is 7.05 Å². The fraction of sp³-hybridized carbons (Fsp3) is 0.143. The van der Waals surface area contributed by atoms with Gasteiger partial charge in [-0.2, -0.15) is 5.10 Å². The zero-order valence-electron chi connectivity index (χ0n) is 8.10. The molecule has 16 heavy (non-hydrogen) atoms. The summed E-state index contributed by atoms with van der Waals surface area (Å²) in [5, 5.41) is 27.8. The average Bonchev–Trinajstić information content (AvgIpc) is 2.65. The van der Waals surface area contributed by atoms with Gasteiger partial charge in [0.05, 0.1) is 11.8 Å². The molecular formula is C7H6N6O2S. The van der Waals surface area contributed by atoms with Crippen LogP contribution >= 0.6 is 11.8 Å². The zero-order valence-corrected chi connectivity index (χ0v) is 8.92. The van der Waals surface area contributed by atoms with Crippen LogP contribution in [0, 0.1) is 0 Å². The fourth-order valence-corrected chi connectivity index (χ4v) is 1.72. The largest absolute Gasteiger partial charge is 0.478 e. The minimum atomic E-state index is -1.06. The van der Waals surface area contributed by atoms with Crippen LogP contribution < -0.4 is 0 Å². The Balaban J connectivity index is 2.35. The molecule has 2 rings (SSSR count). The molecule has 0 fully saturated rings. The molecule has 2 aromatic rings. The highest BCUT2D eigenvalue weighted by Gasteiger charge is 2.15. The molecule has 0 aliphatic carbocycles. The van der Waals surface area contributed by atoms with Crippen molar-refractivity contribution in [3.63, 3.8) is 0 Å². The van der Waals surface area contributed by atoms with E-state index in [1.165, 1.54) is 16.9 Å². The van der Waals surface area contributed by atoms with E-state index in [9.17, 15) is 4.79 Å². The molecule has 0 saturated heterocycles. The lowest BCUT2D eigenvalue weighted by molar-refractivity contribution is 0.0692. The van der Waals surface area contributed by atoms with Crippen LogP contribution in [0.5, 0.6) is 0 Å². The van der Waals surface area contributed by atoms with Crippen molar-refractivity contribution in [3.05, 3.63) is 17.8 Å². The summed E-state index contributed by atoms with van der Waals surface area (Å²) in [4.78, 5) is 10.9. The van der Waals surface area contributed by atoms with E-state index in [0.717, 1.165) is 11.8 Å². The molecule has 2 heterocycles. The smallest absolute Gasteiger partial charge is 0.338 e. The summed E-state index contributed by atoms with van der Waals surface area (Å²) in [6, 6.07) is 1.38. The molecule has 82 valence electrons. The number of hydrogen-bond donors (Lipinski definition) is 1. The molecule has 0 aliphatic heterocycles. The minimum Gasteiger partial charge on any atom is -0.478 e. The first-order valence-corrected chi connectivity index (χ1v) is 4.95. The number of nitrogens with zero attached hydrogens (tertiary/aromatic N) is 6. The monoisotopic (exact) mass is 238 g/mol. The van der Waals surface area contributed by atoms with Crippen LogP contribution in [0.3, 0.4) is 0 Å². The highest BCUT2D eigenvalue weighted by Crippen LogP contribution is 2.25. The van der Waals surface area contributed by atoms with Crippen LogP contribution in [0.15, 0.2) is 22.4 Å². The number of carboxylic acid groups (broad SMARTS) is 1. The molecule has 0 saturated carbocycles. The van der Waals surface area contributed by atoms with Gasteiger partial charge in [-0.25, -0.2) is 9.48 Å². The van der Waals surface area contributed by atoms with Crippen LogP contribution in [0.2, 0.25) is 0 Å². The number of tetrazole rings is 1. The second-order valence-electron chi connectivity index (χ2n) is 2.74. The van der Waals surface area contributed by atoms with Crippen molar-refractivity contribution in [1.29, 1.82) is 0 Å². The standard InChI is InChI=1S/C7H6N6O2S/c1-13-7(10-11-12-13)16-5-4(6(14)15)2-3-8-9-5/h2-3H,1H3,(H,14,15). The van der Waals surface area contributed by atoms with E-state index in [4.69, 9.17) is 5.11 Å². The van der Waals surface area contributed by atoms with E-state index in [2.05, 4.69) is 25.7 Å². The topological polar surface area (TPSA) is 107 Å². The van der Waals surface area contributed by atoms with Gasteiger partial charge in [-0.3, -0.25) is 0 Å². The summed E-state index contributed by atoms with van der Waals surface area (Å²) < 4.78 is 1.42. The SMILES string of the molecule is Cn1nnnc1Sc1nnccc1C(=O)O. The van der Waals surface area contributed by atoms with Gasteiger partial charge >= 0.3 is 5.97 Å². The third kappa shape index (κ3) is 1.98. The maximum absolute atomic E-state index is 10.9. The van der Waals surface area contributed by atoms with Crippen LogP contribution in [0.25, 0.3) is 0 Å². The predicted molar refractivity (Wildman–Crippen MR) is 51.9 cm³/mol. The normalized spacial score (nSPS) is 10.3. The van der Waals surface area contributed by atoms with Gasteiger partial charge in [0.1, 0.15) is 5.03 Å². The Kier molecular flexibility index (Phi) is 2.77. The Morgan fingerprint density at radius 3 is 2.94 bits per heavy atom. The molecular weight excluding hydrogens is 232 g/mol. The lowest BCUT2D eigenvalue weighted by Gasteiger charge is -2.00. The molecule has 0 aromatic carbocycles. The van der Waals surface area contributed by atoms with Crippen LogP contribution in [-0.4, -0.2) is 41.5 Å². The summed E-state index contributed by atoms with van der Waals surface area (Å²) in [7, 11) is 1.65. The number of rotatable bonds is 3. The number of carboxylic acids is 1. The lowest BCUT2D eigenvalue weighted by atomic mass is 10.3. The molecule has 1 N–H and O–H groups in total. The molecule has 0 spiro atoms. The lowest BCUT2D eigenvalue weighted by Crippen LogP contribution is -2.02. The summed E-state index contributed by atoms with van der Waals surface area (Å²) in [6.07, 6.45) is 1.32. The Morgan fingerprint density at radius 2 is 2.31 bits per heavy atom. The Morgan fingerprint density at radius 1 is 1.50 bits per heavy atom. The van der Waals surface area contributed by atoms with Crippen molar-refractivity contribution < 1.29 is 9.90 Å². The van der Waals surface area contributed by atoms with Gasteiger partial charge < -0.3 is 5.11 Å². The first-order valence-electron chi connectivity index (χ1n) is 4.13. The molecule has 0 amide bonds. The van der Waals surface area contributed by atoms with Crippen LogP contribution in [0.1, 0.15) is 10.4 Å².